The second-order valence-corrected chi connectivity index (χ2v) is 5.73. The molecule has 1 N–H and O–H groups in total. The molecule has 0 unspecified atom stereocenters. The number of nitrogens with zero attached hydrogens (tertiary/aromatic N) is 1. The van der Waals surface area contributed by atoms with Gasteiger partial charge in [-0.2, -0.15) is 0 Å². The van der Waals surface area contributed by atoms with Gasteiger partial charge in [-0.1, -0.05) is 19.8 Å². The molecule has 0 atom stereocenters. The first-order chi connectivity index (χ1) is 8.28. The summed E-state index contributed by atoms with van der Waals surface area (Å²) in [5.74, 6) is 1.12. The largest absolute Gasteiger partial charge is 0.352 e. The number of rotatable bonds is 7. The molecular weight excluding hydrogens is 212 g/mol. The number of hydrogen-bond donors (Lipinski definition) is 1. The lowest BCUT2D eigenvalue weighted by Gasteiger charge is -2.22. The van der Waals surface area contributed by atoms with Crippen LogP contribution in [0.4, 0.5) is 0 Å². The number of amides is 1. The maximum absolute atomic E-state index is 11.9. The van der Waals surface area contributed by atoms with Crippen LogP contribution in [-0.4, -0.2) is 36.5 Å². The second-order valence-electron chi connectivity index (χ2n) is 5.73. The summed E-state index contributed by atoms with van der Waals surface area (Å²) >= 11 is 0. The van der Waals surface area contributed by atoms with Gasteiger partial charge >= 0.3 is 0 Å². The average Bonchev–Trinajstić information content (AvgIpc) is 2.94. The van der Waals surface area contributed by atoms with Crippen LogP contribution in [0.15, 0.2) is 0 Å². The summed E-state index contributed by atoms with van der Waals surface area (Å²) in [6.45, 7) is 5.00. The van der Waals surface area contributed by atoms with Gasteiger partial charge in [0.05, 0.1) is 6.54 Å². The normalized spacial score (nSPS) is 21.1. The molecule has 0 saturated heterocycles. The Morgan fingerprint density at radius 3 is 2.53 bits per heavy atom. The zero-order valence-electron chi connectivity index (χ0n) is 11.1. The van der Waals surface area contributed by atoms with E-state index < -0.39 is 0 Å². The summed E-state index contributed by atoms with van der Waals surface area (Å²) < 4.78 is 0. The minimum Gasteiger partial charge on any atom is -0.352 e. The van der Waals surface area contributed by atoms with Gasteiger partial charge in [0, 0.05) is 12.6 Å². The summed E-state index contributed by atoms with van der Waals surface area (Å²) in [5, 5.41) is 3.18. The molecule has 2 fully saturated rings. The first kappa shape index (κ1) is 12.9. The molecule has 0 radical (unpaired) electrons. The molecule has 3 heteroatoms. The zero-order valence-corrected chi connectivity index (χ0v) is 11.1. The van der Waals surface area contributed by atoms with Gasteiger partial charge in [0.25, 0.3) is 0 Å². The topological polar surface area (TPSA) is 32.3 Å². The number of carbonyl (C=O) groups excluding carboxylic acids is 1. The van der Waals surface area contributed by atoms with Gasteiger partial charge in [-0.3, -0.25) is 9.69 Å². The highest BCUT2D eigenvalue weighted by molar-refractivity contribution is 5.78. The molecule has 0 aromatic heterocycles. The van der Waals surface area contributed by atoms with Crippen molar-refractivity contribution < 1.29 is 4.79 Å². The molecule has 0 spiro atoms. The highest BCUT2D eigenvalue weighted by Gasteiger charge is 2.25. The summed E-state index contributed by atoms with van der Waals surface area (Å²) in [4.78, 5) is 14.3. The van der Waals surface area contributed by atoms with Crippen LogP contribution in [0.3, 0.4) is 0 Å². The number of nitrogens with one attached hydrogen (secondary N) is 1. The van der Waals surface area contributed by atoms with E-state index in [9.17, 15) is 4.79 Å². The van der Waals surface area contributed by atoms with Gasteiger partial charge < -0.3 is 5.32 Å². The quantitative estimate of drug-likeness (QED) is 0.737. The molecular formula is C14H26N2O. The molecule has 2 rings (SSSR count). The van der Waals surface area contributed by atoms with Crippen LogP contribution in [0, 0.1) is 5.92 Å². The molecule has 17 heavy (non-hydrogen) atoms. The highest BCUT2D eigenvalue weighted by Crippen LogP contribution is 2.29. The van der Waals surface area contributed by atoms with Crippen molar-refractivity contribution in [3.63, 3.8) is 0 Å². The summed E-state index contributed by atoms with van der Waals surface area (Å²) in [6, 6.07) is 0.465. The van der Waals surface area contributed by atoms with Gasteiger partial charge in [0.15, 0.2) is 0 Å². The van der Waals surface area contributed by atoms with E-state index in [2.05, 4.69) is 17.1 Å². The summed E-state index contributed by atoms with van der Waals surface area (Å²) in [6.07, 6.45) is 8.81. The van der Waals surface area contributed by atoms with Crippen LogP contribution in [0.25, 0.3) is 0 Å². The van der Waals surface area contributed by atoms with E-state index in [1.165, 1.54) is 38.5 Å². The van der Waals surface area contributed by atoms with E-state index in [1.54, 1.807) is 0 Å². The molecule has 2 aliphatic carbocycles. The van der Waals surface area contributed by atoms with Crippen molar-refractivity contribution in [1.29, 1.82) is 0 Å². The van der Waals surface area contributed by atoms with Crippen molar-refractivity contribution in [2.75, 3.05) is 19.6 Å². The van der Waals surface area contributed by atoms with Crippen LogP contribution in [0.5, 0.6) is 0 Å². The van der Waals surface area contributed by atoms with Crippen molar-refractivity contribution in [3.8, 4) is 0 Å². The Labute approximate surface area is 105 Å². The van der Waals surface area contributed by atoms with E-state index in [0.29, 0.717) is 12.6 Å². The van der Waals surface area contributed by atoms with Crippen molar-refractivity contribution in [2.24, 2.45) is 5.92 Å². The lowest BCUT2D eigenvalue weighted by molar-refractivity contribution is -0.123. The third-order valence-corrected chi connectivity index (χ3v) is 3.84. The van der Waals surface area contributed by atoms with Crippen molar-refractivity contribution in [2.45, 2.75) is 57.9 Å². The highest BCUT2D eigenvalue weighted by atomic mass is 16.2. The fourth-order valence-electron chi connectivity index (χ4n) is 2.76. The first-order valence-corrected chi connectivity index (χ1v) is 7.29. The Kier molecular flexibility index (Phi) is 4.84. The maximum Gasteiger partial charge on any atom is 0.234 e. The maximum atomic E-state index is 11.9. The van der Waals surface area contributed by atoms with Gasteiger partial charge in [0.2, 0.25) is 5.91 Å². The molecule has 0 heterocycles. The molecule has 2 saturated carbocycles. The van der Waals surface area contributed by atoms with E-state index in [0.717, 1.165) is 25.4 Å². The van der Waals surface area contributed by atoms with E-state index in [-0.39, 0.29) is 5.91 Å². The molecule has 0 aromatic rings. The Bertz CT molecular complexity index is 245. The Hall–Kier alpha value is -0.570. The third-order valence-electron chi connectivity index (χ3n) is 3.84. The third kappa shape index (κ3) is 4.66. The lowest BCUT2D eigenvalue weighted by Crippen LogP contribution is -2.42. The molecule has 3 nitrogen and oxygen atoms in total. The minimum absolute atomic E-state index is 0.242. The fourth-order valence-corrected chi connectivity index (χ4v) is 2.76. The minimum atomic E-state index is 0.242. The summed E-state index contributed by atoms with van der Waals surface area (Å²) in [5.41, 5.74) is 0. The van der Waals surface area contributed by atoms with Gasteiger partial charge in [-0.05, 0) is 44.6 Å². The SMILES string of the molecule is CCCN(CC(=O)NC1CCCC1)CC1CC1. The predicted octanol–water partition coefficient (Wildman–Crippen LogP) is 2.17. The molecule has 0 aliphatic heterocycles. The van der Waals surface area contributed by atoms with Crippen LogP contribution in [0.1, 0.15) is 51.9 Å². The monoisotopic (exact) mass is 238 g/mol. The van der Waals surface area contributed by atoms with Crippen LogP contribution < -0.4 is 5.32 Å². The molecule has 2 aliphatic rings. The van der Waals surface area contributed by atoms with Gasteiger partial charge in [0.1, 0.15) is 0 Å². The van der Waals surface area contributed by atoms with Crippen molar-refractivity contribution >= 4 is 5.91 Å². The van der Waals surface area contributed by atoms with Gasteiger partial charge in [-0.25, -0.2) is 0 Å². The molecule has 98 valence electrons. The molecule has 0 bridgehead atoms. The van der Waals surface area contributed by atoms with Crippen LogP contribution in [0.2, 0.25) is 0 Å². The number of carbonyl (C=O) groups is 1. The molecule has 1 amide bonds. The first-order valence-electron chi connectivity index (χ1n) is 7.29. The Morgan fingerprint density at radius 2 is 1.94 bits per heavy atom. The average molecular weight is 238 g/mol. The lowest BCUT2D eigenvalue weighted by atomic mass is 10.2. The van der Waals surface area contributed by atoms with E-state index >= 15 is 0 Å². The fraction of sp³-hybridized carbons (Fsp3) is 0.929. The van der Waals surface area contributed by atoms with Crippen LogP contribution in [-0.2, 0) is 4.79 Å². The van der Waals surface area contributed by atoms with Crippen molar-refractivity contribution in [1.82, 2.24) is 10.2 Å². The molecule has 0 aromatic carbocycles. The zero-order chi connectivity index (χ0) is 12.1. The van der Waals surface area contributed by atoms with Gasteiger partial charge in [-0.15, -0.1) is 0 Å². The van der Waals surface area contributed by atoms with E-state index in [4.69, 9.17) is 0 Å². The Morgan fingerprint density at radius 1 is 1.24 bits per heavy atom. The van der Waals surface area contributed by atoms with Crippen molar-refractivity contribution in [3.05, 3.63) is 0 Å². The summed E-state index contributed by atoms with van der Waals surface area (Å²) in [7, 11) is 0. The van der Waals surface area contributed by atoms with E-state index in [1.807, 2.05) is 0 Å². The number of hydrogen-bond acceptors (Lipinski definition) is 2. The smallest absolute Gasteiger partial charge is 0.234 e. The second kappa shape index (κ2) is 6.39. The van der Waals surface area contributed by atoms with Crippen LogP contribution >= 0.6 is 0 Å². The Balaban J connectivity index is 1.69. The predicted molar refractivity (Wildman–Crippen MR) is 69.9 cm³/mol. The standard InChI is InChI=1S/C14H26N2O/c1-2-9-16(10-12-7-8-12)11-14(17)15-13-5-3-4-6-13/h12-13H,2-11H2,1H3,(H,15,17).